The first kappa shape index (κ1) is 17.1. The number of ether oxygens (including phenoxy) is 1. The van der Waals surface area contributed by atoms with Crippen LogP contribution in [0.1, 0.15) is 35.2 Å². The van der Waals surface area contributed by atoms with Gasteiger partial charge in [0, 0.05) is 5.69 Å². The highest BCUT2D eigenvalue weighted by atomic mass is 19.4. The number of hydrogen-bond donors (Lipinski definition) is 2. The highest BCUT2D eigenvalue weighted by molar-refractivity contribution is 5.69. The van der Waals surface area contributed by atoms with Gasteiger partial charge in [-0.3, -0.25) is 0 Å². The van der Waals surface area contributed by atoms with Crippen molar-refractivity contribution in [1.29, 1.82) is 0 Å². The Kier molecular flexibility index (Phi) is 4.57. The number of fused-ring (bicyclic) bond motifs is 1. The third kappa shape index (κ3) is 3.70. The summed E-state index contributed by atoms with van der Waals surface area (Å²) in [7, 11) is 1.22. The number of hydrogen-bond acceptors (Lipinski definition) is 3. The van der Waals surface area contributed by atoms with Gasteiger partial charge in [-0.1, -0.05) is 30.3 Å². The molecule has 1 heterocycles. The van der Waals surface area contributed by atoms with E-state index < -0.39 is 23.9 Å². The molecule has 0 fully saturated rings. The lowest BCUT2D eigenvalue weighted by molar-refractivity contribution is -0.137. The van der Waals surface area contributed by atoms with Crippen LogP contribution in [-0.2, 0) is 10.9 Å². The molecule has 132 valence electrons. The molecule has 3 rings (SSSR count). The number of alkyl carbamates (subject to hydrolysis) is 1. The minimum atomic E-state index is -4.44. The summed E-state index contributed by atoms with van der Waals surface area (Å²) in [5.74, 6) is 0. The van der Waals surface area contributed by atoms with Crippen molar-refractivity contribution in [3.63, 3.8) is 0 Å². The van der Waals surface area contributed by atoms with Crippen molar-refractivity contribution in [2.75, 3.05) is 12.4 Å². The molecule has 0 saturated heterocycles. The molecule has 7 heteroatoms. The maximum Gasteiger partial charge on any atom is 0.416 e. The van der Waals surface area contributed by atoms with E-state index in [1.807, 2.05) is 30.3 Å². The number of anilines is 1. The van der Waals surface area contributed by atoms with Gasteiger partial charge in [-0.2, -0.15) is 13.2 Å². The normalized spacial score (nSPS) is 19.5. The molecule has 0 spiro atoms. The lowest BCUT2D eigenvalue weighted by Gasteiger charge is -2.34. The van der Waals surface area contributed by atoms with Crippen molar-refractivity contribution in [3.05, 3.63) is 65.2 Å². The summed E-state index contributed by atoms with van der Waals surface area (Å²) < 4.78 is 43.7. The molecule has 1 aliphatic heterocycles. The van der Waals surface area contributed by atoms with Crippen LogP contribution in [0.4, 0.5) is 23.7 Å². The van der Waals surface area contributed by atoms with Crippen molar-refractivity contribution in [3.8, 4) is 0 Å². The minimum Gasteiger partial charge on any atom is -0.453 e. The van der Waals surface area contributed by atoms with Crippen molar-refractivity contribution in [1.82, 2.24) is 5.32 Å². The molecule has 0 bridgehead atoms. The van der Waals surface area contributed by atoms with Gasteiger partial charge in [0.15, 0.2) is 0 Å². The number of carbonyl (C=O) groups is 1. The zero-order valence-corrected chi connectivity index (χ0v) is 13.4. The molecule has 0 unspecified atom stereocenters. The predicted octanol–water partition coefficient (Wildman–Crippen LogP) is 4.66. The largest absolute Gasteiger partial charge is 0.453 e. The predicted molar refractivity (Wildman–Crippen MR) is 87.1 cm³/mol. The molecule has 0 aromatic heterocycles. The van der Waals surface area contributed by atoms with Crippen LogP contribution in [0, 0.1) is 0 Å². The van der Waals surface area contributed by atoms with E-state index in [1.165, 1.54) is 13.2 Å². The summed E-state index contributed by atoms with van der Waals surface area (Å²) in [6.45, 7) is 0. The fourth-order valence-corrected chi connectivity index (χ4v) is 3.01. The molecule has 2 aromatic carbocycles. The number of methoxy groups -OCH3 is 1. The van der Waals surface area contributed by atoms with Crippen molar-refractivity contribution in [2.45, 2.75) is 24.7 Å². The number of halogens is 3. The molecular weight excluding hydrogens is 333 g/mol. The molecule has 2 atom stereocenters. The van der Waals surface area contributed by atoms with E-state index in [9.17, 15) is 18.0 Å². The van der Waals surface area contributed by atoms with E-state index in [0.717, 1.165) is 17.7 Å². The lowest BCUT2D eigenvalue weighted by Crippen LogP contribution is -2.34. The Bertz CT molecular complexity index is 763. The van der Waals surface area contributed by atoms with Gasteiger partial charge in [-0.15, -0.1) is 0 Å². The number of amides is 1. The first-order chi connectivity index (χ1) is 11.9. The van der Waals surface area contributed by atoms with Crippen LogP contribution in [0.2, 0.25) is 0 Å². The van der Waals surface area contributed by atoms with E-state index in [0.29, 0.717) is 17.7 Å². The Morgan fingerprint density at radius 3 is 2.56 bits per heavy atom. The van der Waals surface area contributed by atoms with Crippen LogP contribution in [-0.4, -0.2) is 13.2 Å². The molecule has 4 nitrogen and oxygen atoms in total. The fraction of sp³-hybridized carbons (Fsp3) is 0.278. The SMILES string of the molecule is COC(=O)N[C@@H]1C[C@H](c2ccccc2)Nc2ccc(C(F)(F)F)cc21. The third-order valence-electron chi connectivity index (χ3n) is 4.23. The van der Waals surface area contributed by atoms with Crippen LogP contribution < -0.4 is 10.6 Å². The van der Waals surface area contributed by atoms with Gasteiger partial charge in [0.1, 0.15) is 0 Å². The molecule has 1 aliphatic rings. The van der Waals surface area contributed by atoms with Gasteiger partial charge in [-0.05, 0) is 35.7 Å². The van der Waals surface area contributed by atoms with E-state index >= 15 is 0 Å². The third-order valence-corrected chi connectivity index (χ3v) is 4.23. The summed E-state index contributed by atoms with van der Waals surface area (Å²) >= 11 is 0. The fourth-order valence-electron chi connectivity index (χ4n) is 3.01. The second-order valence-corrected chi connectivity index (χ2v) is 5.83. The first-order valence-corrected chi connectivity index (χ1v) is 7.75. The number of carbonyl (C=O) groups excluding carboxylic acids is 1. The van der Waals surface area contributed by atoms with Gasteiger partial charge in [-0.25, -0.2) is 4.79 Å². The van der Waals surface area contributed by atoms with Gasteiger partial charge in [0.05, 0.1) is 24.8 Å². The Morgan fingerprint density at radius 1 is 1.20 bits per heavy atom. The molecule has 0 saturated carbocycles. The number of rotatable bonds is 2. The monoisotopic (exact) mass is 350 g/mol. The van der Waals surface area contributed by atoms with Crippen LogP contribution in [0.25, 0.3) is 0 Å². The molecule has 0 aliphatic carbocycles. The Labute approximate surface area is 143 Å². The Morgan fingerprint density at radius 2 is 1.92 bits per heavy atom. The van der Waals surface area contributed by atoms with Gasteiger partial charge < -0.3 is 15.4 Å². The van der Waals surface area contributed by atoms with E-state index in [1.54, 1.807) is 0 Å². The second kappa shape index (κ2) is 6.66. The zero-order chi connectivity index (χ0) is 18.0. The van der Waals surface area contributed by atoms with E-state index in [-0.39, 0.29) is 6.04 Å². The van der Waals surface area contributed by atoms with Crippen LogP contribution in [0.15, 0.2) is 48.5 Å². The standard InChI is InChI=1S/C18H17F3N2O2/c1-25-17(24)23-16-10-15(11-5-3-2-4-6-11)22-14-8-7-12(9-13(14)16)18(19,20)21/h2-9,15-16,22H,10H2,1H3,(H,23,24)/t15-,16-/m1/s1. The smallest absolute Gasteiger partial charge is 0.416 e. The quantitative estimate of drug-likeness (QED) is 0.828. The topological polar surface area (TPSA) is 50.4 Å². The van der Waals surface area contributed by atoms with Crippen LogP contribution in [0.3, 0.4) is 0 Å². The molecular formula is C18H17F3N2O2. The highest BCUT2D eigenvalue weighted by Crippen LogP contribution is 2.41. The molecule has 25 heavy (non-hydrogen) atoms. The first-order valence-electron chi connectivity index (χ1n) is 7.75. The Hall–Kier alpha value is -2.70. The maximum absolute atomic E-state index is 13.0. The average Bonchev–Trinajstić information content (AvgIpc) is 2.61. The van der Waals surface area contributed by atoms with Crippen LogP contribution in [0.5, 0.6) is 0 Å². The highest BCUT2D eigenvalue weighted by Gasteiger charge is 2.34. The van der Waals surface area contributed by atoms with Crippen molar-refractivity contribution >= 4 is 11.8 Å². The minimum absolute atomic E-state index is 0.132. The number of benzene rings is 2. The molecule has 0 radical (unpaired) electrons. The molecule has 2 aromatic rings. The summed E-state index contributed by atoms with van der Waals surface area (Å²) in [6.07, 6.45) is -4.71. The molecule has 1 amide bonds. The number of nitrogens with one attached hydrogen (secondary N) is 2. The van der Waals surface area contributed by atoms with Crippen LogP contribution >= 0.6 is 0 Å². The zero-order valence-electron chi connectivity index (χ0n) is 13.4. The summed E-state index contributed by atoms with van der Waals surface area (Å²) in [4.78, 5) is 11.6. The van der Waals surface area contributed by atoms with Gasteiger partial charge in [0.2, 0.25) is 0 Å². The number of alkyl halides is 3. The average molecular weight is 350 g/mol. The summed E-state index contributed by atoms with van der Waals surface area (Å²) in [5, 5.41) is 5.89. The molecule has 2 N–H and O–H groups in total. The van der Waals surface area contributed by atoms with Gasteiger partial charge in [0.25, 0.3) is 0 Å². The maximum atomic E-state index is 13.0. The van der Waals surface area contributed by atoms with E-state index in [4.69, 9.17) is 0 Å². The second-order valence-electron chi connectivity index (χ2n) is 5.83. The Balaban J connectivity index is 1.98. The summed E-state index contributed by atoms with van der Waals surface area (Å²) in [5.41, 5.74) is 1.20. The van der Waals surface area contributed by atoms with Crippen molar-refractivity contribution in [2.24, 2.45) is 0 Å². The van der Waals surface area contributed by atoms with Gasteiger partial charge >= 0.3 is 12.3 Å². The lowest BCUT2D eigenvalue weighted by atomic mass is 9.88. The van der Waals surface area contributed by atoms with Crippen molar-refractivity contribution < 1.29 is 22.7 Å². The van der Waals surface area contributed by atoms with E-state index in [2.05, 4.69) is 15.4 Å². The summed E-state index contributed by atoms with van der Waals surface area (Å²) in [6, 6.07) is 12.3.